The highest BCUT2D eigenvalue weighted by atomic mass is 35.5. The van der Waals surface area contributed by atoms with E-state index in [2.05, 4.69) is 5.32 Å². The number of anilines is 2. The summed E-state index contributed by atoms with van der Waals surface area (Å²) < 4.78 is 6.07. The number of rotatable bonds is 5. The van der Waals surface area contributed by atoms with Gasteiger partial charge in [-0.05, 0) is 37.1 Å². The Hall–Kier alpha value is -2.72. The van der Waals surface area contributed by atoms with Crippen LogP contribution in [0.5, 0.6) is 0 Å². The van der Waals surface area contributed by atoms with Crippen molar-refractivity contribution in [1.29, 1.82) is 0 Å². The number of carbonyl (C=O) groups excluding carboxylic acids is 3. The standard InChI is InChI=1S/C24H20ClN3O4S2/c25-14-5-3-6-15(11-14)26-19(29)13-27-18-9-2-1-8-17(18)20(22(27)30)21-23(31)28(24(33)34-21)12-16-7-4-10-32-16/h1-3,5-6,8-9,11,16H,4,7,10,12-13H2,(H,26,29)/b21-20-/t16-/m1/s1. The number of nitrogens with one attached hydrogen (secondary N) is 1. The molecule has 10 heteroatoms. The number of amides is 3. The highest BCUT2D eigenvalue weighted by Gasteiger charge is 2.43. The molecule has 3 aliphatic rings. The van der Waals surface area contributed by atoms with Crippen LogP contribution in [0.15, 0.2) is 53.4 Å². The van der Waals surface area contributed by atoms with Crippen LogP contribution in [0.2, 0.25) is 5.02 Å². The van der Waals surface area contributed by atoms with Crippen LogP contribution < -0.4 is 10.2 Å². The monoisotopic (exact) mass is 513 g/mol. The summed E-state index contributed by atoms with van der Waals surface area (Å²) in [6.07, 6.45) is 1.78. The quantitative estimate of drug-likeness (QED) is 0.479. The number of ether oxygens (including phenoxy) is 1. The van der Waals surface area contributed by atoms with Crippen LogP contribution in [-0.2, 0) is 19.1 Å². The van der Waals surface area contributed by atoms with Crippen molar-refractivity contribution in [2.75, 3.05) is 29.9 Å². The van der Waals surface area contributed by atoms with Crippen molar-refractivity contribution in [3.8, 4) is 0 Å². The zero-order chi connectivity index (χ0) is 23.8. The van der Waals surface area contributed by atoms with Gasteiger partial charge in [0.2, 0.25) is 5.91 Å². The minimum atomic E-state index is -0.403. The average molecular weight is 514 g/mol. The van der Waals surface area contributed by atoms with Crippen LogP contribution in [0.1, 0.15) is 18.4 Å². The minimum absolute atomic E-state index is 0.0508. The lowest BCUT2D eigenvalue weighted by molar-refractivity contribution is -0.123. The van der Waals surface area contributed by atoms with Gasteiger partial charge in [0.1, 0.15) is 10.9 Å². The molecule has 7 nitrogen and oxygen atoms in total. The lowest BCUT2D eigenvalue weighted by Gasteiger charge is -2.18. The molecule has 0 bridgehead atoms. The number of nitrogens with zero attached hydrogens (tertiary/aromatic N) is 2. The Morgan fingerprint density at radius 1 is 1.15 bits per heavy atom. The van der Waals surface area contributed by atoms with Gasteiger partial charge >= 0.3 is 0 Å². The van der Waals surface area contributed by atoms with Crippen LogP contribution in [-0.4, -0.2) is 52.7 Å². The first-order chi connectivity index (χ1) is 16.4. The largest absolute Gasteiger partial charge is 0.376 e. The Labute approximate surface area is 211 Å². The second kappa shape index (κ2) is 9.50. The van der Waals surface area contributed by atoms with E-state index in [1.54, 1.807) is 48.5 Å². The molecule has 1 atom stereocenters. The normalized spacial score (nSPS) is 22.0. The zero-order valence-corrected chi connectivity index (χ0v) is 20.3. The maximum atomic E-state index is 13.5. The summed E-state index contributed by atoms with van der Waals surface area (Å²) in [6, 6.07) is 13.9. The van der Waals surface area contributed by atoms with Crippen LogP contribution in [0.3, 0.4) is 0 Å². The molecular formula is C24H20ClN3O4S2. The van der Waals surface area contributed by atoms with Crippen LogP contribution >= 0.6 is 35.6 Å². The molecule has 0 aromatic heterocycles. The Balaban J connectivity index is 1.41. The zero-order valence-electron chi connectivity index (χ0n) is 18.0. The molecule has 34 heavy (non-hydrogen) atoms. The number of fused-ring (bicyclic) bond motifs is 1. The first-order valence-electron chi connectivity index (χ1n) is 10.8. The number of thiocarbonyl (C=S) groups is 1. The average Bonchev–Trinajstić information content (AvgIpc) is 3.49. The molecule has 3 heterocycles. The van der Waals surface area contributed by atoms with Crippen LogP contribution in [0.25, 0.3) is 5.57 Å². The van der Waals surface area contributed by atoms with E-state index in [-0.39, 0.29) is 34.9 Å². The molecule has 2 aromatic carbocycles. The van der Waals surface area contributed by atoms with Gasteiger partial charge in [0.25, 0.3) is 11.8 Å². The summed E-state index contributed by atoms with van der Waals surface area (Å²) >= 11 is 12.6. The summed E-state index contributed by atoms with van der Waals surface area (Å²) in [4.78, 5) is 42.7. The third-order valence-corrected chi connectivity index (χ3v) is 7.50. The van der Waals surface area contributed by atoms with E-state index >= 15 is 0 Å². The first kappa shape index (κ1) is 23.0. The fourth-order valence-corrected chi connectivity index (χ4v) is 5.80. The number of hydrogen-bond donors (Lipinski definition) is 1. The van der Waals surface area contributed by atoms with Gasteiger partial charge in [-0.1, -0.05) is 59.8 Å². The van der Waals surface area contributed by atoms with Gasteiger partial charge in [-0.3, -0.25) is 24.2 Å². The lowest BCUT2D eigenvalue weighted by Crippen LogP contribution is -2.36. The number of carbonyl (C=O) groups is 3. The molecule has 3 aliphatic heterocycles. The molecule has 2 aromatic rings. The van der Waals surface area contributed by atoms with E-state index in [9.17, 15) is 14.4 Å². The first-order valence-corrected chi connectivity index (χ1v) is 12.4. The van der Waals surface area contributed by atoms with Crippen molar-refractivity contribution in [3.63, 3.8) is 0 Å². The molecule has 2 fully saturated rings. The second-order valence-corrected chi connectivity index (χ2v) is 10.2. The molecule has 3 amide bonds. The Bertz CT molecular complexity index is 1240. The van der Waals surface area contributed by atoms with E-state index in [4.69, 9.17) is 28.6 Å². The molecular weight excluding hydrogens is 494 g/mol. The van der Waals surface area contributed by atoms with E-state index in [1.807, 2.05) is 0 Å². The Morgan fingerprint density at radius 2 is 1.97 bits per heavy atom. The summed E-state index contributed by atoms with van der Waals surface area (Å²) in [5.41, 5.74) is 2.00. The molecule has 174 valence electrons. The van der Waals surface area contributed by atoms with Crippen molar-refractivity contribution >= 4 is 74.6 Å². The molecule has 5 rings (SSSR count). The van der Waals surface area contributed by atoms with Gasteiger partial charge in [0, 0.05) is 22.9 Å². The van der Waals surface area contributed by atoms with Gasteiger partial charge in [-0.15, -0.1) is 0 Å². The second-order valence-electron chi connectivity index (χ2n) is 8.09. The van der Waals surface area contributed by atoms with Crippen LogP contribution in [0, 0.1) is 0 Å². The smallest absolute Gasteiger partial charge is 0.267 e. The summed E-state index contributed by atoms with van der Waals surface area (Å²) in [7, 11) is 0. The third-order valence-electron chi connectivity index (χ3n) is 5.82. The van der Waals surface area contributed by atoms with Gasteiger partial charge in [0.05, 0.1) is 28.8 Å². The number of thioether (sulfide) groups is 1. The van der Waals surface area contributed by atoms with Gasteiger partial charge < -0.3 is 10.1 Å². The van der Waals surface area contributed by atoms with E-state index < -0.39 is 5.91 Å². The van der Waals surface area contributed by atoms with Crippen molar-refractivity contribution in [2.24, 2.45) is 0 Å². The van der Waals surface area contributed by atoms with Gasteiger partial charge in [-0.25, -0.2) is 0 Å². The molecule has 0 unspecified atom stereocenters. The Morgan fingerprint density at radius 3 is 2.74 bits per heavy atom. The van der Waals surface area contributed by atoms with Gasteiger partial charge in [0.15, 0.2) is 0 Å². The van der Waals surface area contributed by atoms with E-state index in [0.29, 0.717) is 39.4 Å². The third kappa shape index (κ3) is 4.36. The summed E-state index contributed by atoms with van der Waals surface area (Å²) in [6.45, 7) is 0.851. The van der Waals surface area contributed by atoms with Crippen molar-refractivity contribution < 1.29 is 19.1 Å². The molecule has 0 radical (unpaired) electrons. The predicted octanol–water partition coefficient (Wildman–Crippen LogP) is 4.08. The molecule has 0 aliphatic carbocycles. The highest BCUT2D eigenvalue weighted by Crippen LogP contribution is 2.44. The predicted molar refractivity (Wildman–Crippen MR) is 137 cm³/mol. The van der Waals surface area contributed by atoms with E-state index in [0.717, 1.165) is 24.6 Å². The van der Waals surface area contributed by atoms with E-state index in [1.165, 1.54) is 9.80 Å². The molecule has 0 spiro atoms. The van der Waals surface area contributed by atoms with Gasteiger partial charge in [-0.2, -0.15) is 0 Å². The lowest BCUT2D eigenvalue weighted by atomic mass is 10.1. The maximum absolute atomic E-state index is 13.5. The number of para-hydroxylation sites is 1. The van der Waals surface area contributed by atoms with Crippen molar-refractivity contribution in [2.45, 2.75) is 18.9 Å². The number of halogens is 1. The summed E-state index contributed by atoms with van der Waals surface area (Å²) in [5.74, 6) is -1.08. The highest BCUT2D eigenvalue weighted by molar-refractivity contribution is 8.26. The SMILES string of the molecule is O=C(CN1C(=O)/C(=C2\SC(=S)N(C[C@H]3CCCO3)C2=O)c2ccccc21)Nc1cccc(Cl)c1. The maximum Gasteiger partial charge on any atom is 0.267 e. The molecule has 2 saturated heterocycles. The fourth-order valence-electron chi connectivity index (χ4n) is 4.27. The topological polar surface area (TPSA) is 79.0 Å². The van der Waals surface area contributed by atoms with Crippen molar-refractivity contribution in [1.82, 2.24) is 4.90 Å². The summed E-state index contributed by atoms with van der Waals surface area (Å²) in [5, 5.41) is 3.25. The molecule has 0 saturated carbocycles. The Kier molecular flexibility index (Phi) is 6.44. The number of hydrogen-bond acceptors (Lipinski definition) is 6. The fraction of sp³-hybridized carbons (Fsp3) is 0.250. The minimum Gasteiger partial charge on any atom is -0.376 e. The molecule has 1 N–H and O–H groups in total. The van der Waals surface area contributed by atoms with Crippen LogP contribution in [0.4, 0.5) is 11.4 Å². The van der Waals surface area contributed by atoms with Crippen molar-refractivity contribution in [3.05, 3.63) is 64.0 Å². The number of benzene rings is 2.